The second kappa shape index (κ2) is 5.84. The minimum Gasteiger partial charge on any atom is -0.341 e. The molecule has 1 aromatic heterocycles. The molecule has 1 saturated heterocycles. The van der Waals surface area contributed by atoms with Crippen LogP contribution in [0.25, 0.3) is 10.9 Å². The van der Waals surface area contributed by atoms with Crippen LogP contribution in [-0.2, 0) is 4.79 Å². The highest BCUT2D eigenvalue weighted by Crippen LogP contribution is 2.25. The van der Waals surface area contributed by atoms with Gasteiger partial charge < -0.3 is 4.90 Å². The third-order valence-electron chi connectivity index (χ3n) is 4.85. The number of aromatic nitrogens is 1. The van der Waals surface area contributed by atoms with Gasteiger partial charge in [-0.15, -0.1) is 0 Å². The largest absolute Gasteiger partial charge is 0.341 e. The Balaban J connectivity index is 2.20. The highest BCUT2D eigenvalue weighted by Gasteiger charge is 2.26. The molecule has 0 radical (unpaired) electrons. The van der Waals surface area contributed by atoms with Crippen molar-refractivity contribution in [1.29, 1.82) is 0 Å². The fraction of sp³-hybridized carbons (Fsp3) is 0.474. The van der Waals surface area contributed by atoms with Gasteiger partial charge in [-0.1, -0.05) is 11.6 Å². The first-order valence-electron chi connectivity index (χ1n) is 8.32. The van der Waals surface area contributed by atoms with E-state index in [0.29, 0.717) is 0 Å². The van der Waals surface area contributed by atoms with E-state index < -0.39 is 6.04 Å². The Morgan fingerprint density at radius 1 is 1.04 bits per heavy atom. The molecule has 1 amide bonds. The van der Waals surface area contributed by atoms with Crippen molar-refractivity contribution >= 4 is 16.8 Å². The predicted molar refractivity (Wildman–Crippen MR) is 92.9 cm³/mol. The van der Waals surface area contributed by atoms with Gasteiger partial charge >= 0.3 is 0 Å². The van der Waals surface area contributed by atoms with Gasteiger partial charge in [-0.05, 0) is 57.7 Å². The van der Waals surface area contributed by atoms with Gasteiger partial charge in [-0.25, -0.2) is 0 Å². The minimum absolute atomic E-state index is 0.0507. The molecule has 4 nitrogen and oxygen atoms in total. The van der Waals surface area contributed by atoms with Crippen LogP contribution in [0.15, 0.2) is 23.0 Å². The molecule has 2 aromatic rings. The highest BCUT2D eigenvalue weighted by atomic mass is 16.2. The number of rotatable bonds is 2. The van der Waals surface area contributed by atoms with E-state index in [-0.39, 0.29) is 11.5 Å². The lowest BCUT2D eigenvalue weighted by Gasteiger charge is -2.24. The lowest BCUT2D eigenvalue weighted by atomic mass is 10.0. The Morgan fingerprint density at radius 3 is 2.35 bits per heavy atom. The first-order valence-corrected chi connectivity index (χ1v) is 8.32. The fourth-order valence-corrected chi connectivity index (χ4v) is 3.72. The molecule has 122 valence electrons. The molecule has 1 aliphatic heterocycles. The Labute approximate surface area is 136 Å². The quantitative estimate of drug-likeness (QED) is 0.855. The van der Waals surface area contributed by atoms with Crippen LogP contribution in [0.4, 0.5) is 0 Å². The van der Waals surface area contributed by atoms with E-state index in [1.807, 2.05) is 25.7 Å². The molecule has 1 atom stereocenters. The Bertz CT molecular complexity index is 829. The standard InChI is InChI=1S/C19H24N2O2/c1-12-9-14(3)18-16(10-12)13(2)11-17(22)21(18)15(4)19(23)20-7-5-6-8-20/h9-11,15H,5-8H2,1-4H3/t15-/m1/s1. The zero-order valence-electron chi connectivity index (χ0n) is 14.3. The number of fused-ring (bicyclic) bond motifs is 1. The Morgan fingerprint density at radius 2 is 1.70 bits per heavy atom. The van der Waals surface area contributed by atoms with Crippen molar-refractivity contribution in [2.75, 3.05) is 13.1 Å². The lowest BCUT2D eigenvalue weighted by molar-refractivity contribution is -0.133. The topological polar surface area (TPSA) is 42.3 Å². The molecule has 1 aromatic carbocycles. The summed E-state index contributed by atoms with van der Waals surface area (Å²) in [6, 6.07) is 5.35. The van der Waals surface area contributed by atoms with Crippen molar-refractivity contribution in [3.05, 3.63) is 45.2 Å². The maximum absolute atomic E-state index is 12.8. The van der Waals surface area contributed by atoms with Gasteiger partial charge in [0.25, 0.3) is 5.56 Å². The number of hydrogen-bond acceptors (Lipinski definition) is 2. The molecular formula is C19H24N2O2. The molecular weight excluding hydrogens is 288 g/mol. The molecule has 23 heavy (non-hydrogen) atoms. The number of carbonyl (C=O) groups excluding carboxylic acids is 1. The second-order valence-electron chi connectivity index (χ2n) is 6.72. The van der Waals surface area contributed by atoms with Crippen molar-refractivity contribution in [2.24, 2.45) is 0 Å². The van der Waals surface area contributed by atoms with Crippen LogP contribution >= 0.6 is 0 Å². The van der Waals surface area contributed by atoms with E-state index in [4.69, 9.17) is 0 Å². The van der Waals surface area contributed by atoms with Gasteiger partial charge in [0.15, 0.2) is 0 Å². The number of benzene rings is 1. The van der Waals surface area contributed by atoms with Crippen LogP contribution in [0.5, 0.6) is 0 Å². The maximum Gasteiger partial charge on any atom is 0.252 e. The van der Waals surface area contributed by atoms with E-state index in [1.165, 1.54) is 5.56 Å². The smallest absolute Gasteiger partial charge is 0.252 e. The lowest BCUT2D eigenvalue weighted by Crippen LogP contribution is -2.38. The van der Waals surface area contributed by atoms with Crippen molar-refractivity contribution in [3.8, 4) is 0 Å². The summed E-state index contributed by atoms with van der Waals surface area (Å²) in [5, 5.41) is 1.06. The van der Waals surface area contributed by atoms with Gasteiger partial charge in [-0.3, -0.25) is 14.2 Å². The predicted octanol–water partition coefficient (Wildman–Crippen LogP) is 3.11. The summed E-state index contributed by atoms with van der Waals surface area (Å²) in [5.74, 6) is 0.0507. The van der Waals surface area contributed by atoms with Crippen molar-refractivity contribution in [2.45, 2.75) is 46.6 Å². The van der Waals surface area contributed by atoms with Gasteiger partial charge in [-0.2, -0.15) is 0 Å². The van der Waals surface area contributed by atoms with E-state index in [2.05, 4.69) is 19.1 Å². The average molecular weight is 312 g/mol. The first-order chi connectivity index (χ1) is 10.9. The molecule has 0 unspecified atom stereocenters. The van der Waals surface area contributed by atoms with Crippen molar-refractivity contribution in [3.63, 3.8) is 0 Å². The molecule has 0 bridgehead atoms. The minimum atomic E-state index is -0.467. The molecule has 1 aliphatic rings. The molecule has 0 spiro atoms. The summed E-state index contributed by atoms with van der Waals surface area (Å²) in [4.78, 5) is 27.3. The number of pyridine rings is 1. The number of nitrogens with zero attached hydrogens (tertiary/aromatic N) is 2. The summed E-state index contributed by atoms with van der Waals surface area (Å²) in [6.07, 6.45) is 2.11. The summed E-state index contributed by atoms with van der Waals surface area (Å²) >= 11 is 0. The summed E-state index contributed by atoms with van der Waals surface area (Å²) in [7, 11) is 0. The number of hydrogen-bond donors (Lipinski definition) is 0. The molecule has 2 heterocycles. The fourth-order valence-electron chi connectivity index (χ4n) is 3.72. The number of aryl methyl sites for hydroxylation is 3. The molecule has 0 N–H and O–H groups in total. The summed E-state index contributed by atoms with van der Waals surface area (Å²) in [5.41, 5.74) is 3.97. The van der Waals surface area contributed by atoms with Crippen LogP contribution < -0.4 is 5.56 Å². The van der Waals surface area contributed by atoms with E-state index in [0.717, 1.165) is 48.0 Å². The summed E-state index contributed by atoms with van der Waals surface area (Å²) in [6.45, 7) is 9.48. The van der Waals surface area contributed by atoms with E-state index in [1.54, 1.807) is 10.6 Å². The highest BCUT2D eigenvalue weighted by molar-refractivity contribution is 5.89. The molecule has 4 heteroatoms. The van der Waals surface area contributed by atoms with Crippen LogP contribution in [0, 0.1) is 20.8 Å². The molecule has 1 fully saturated rings. The van der Waals surface area contributed by atoms with Gasteiger partial charge in [0.2, 0.25) is 5.91 Å². The molecule has 3 rings (SSSR count). The monoisotopic (exact) mass is 312 g/mol. The van der Waals surface area contributed by atoms with Gasteiger partial charge in [0, 0.05) is 24.5 Å². The average Bonchev–Trinajstić information content (AvgIpc) is 3.01. The van der Waals surface area contributed by atoms with Crippen molar-refractivity contribution < 1.29 is 4.79 Å². The second-order valence-corrected chi connectivity index (χ2v) is 6.72. The zero-order valence-corrected chi connectivity index (χ0v) is 14.3. The van der Waals surface area contributed by atoms with Crippen LogP contribution in [0.3, 0.4) is 0 Å². The third-order valence-corrected chi connectivity index (χ3v) is 4.85. The maximum atomic E-state index is 12.8. The SMILES string of the molecule is Cc1cc(C)c2c(c1)c(C)cc(=O)n2[C@H](C)C(=O)N1CCCC1. The molecule has 0 aliphatic carbocycles. The summed E-state index contributed by atoms with van der Waals surface area (Å²) < 4.78 is 1.68. The van der Waals surface area contributed by atoms with Crippen LogP contribution in [0.2, 0.25) is 0 Å². The number of carbonyl (C=O) groups is 1. The Hall–Kier alpha value is -2.10. The Kier molecular flexibility index (Phi) is 4.00. The zero-order chi connectivity index (χ0) is 16.7. The first kappa shape index (κ1) is 15.8. The number of likely N-dealkylation sites (tertiary alicyclic amines) is 1. The normalized spacial score (nSPS) is 16.1. The third kappa shape index (κ3) is 2.67. The van der Waals surface area contributed by atoms with E-state index >= 15 is 0 Å². The van der Waals surface area contributed by atoms with Crippen LogP contribution in [-0.4, -0.2) is 28.5 Å². The van der Waals surface area contributed by atoms with Crippen LogP contribution in [0.1, 0.15) is 42.5 Å². The van der Waals surface area contributed by atoms with E-state index in [9.17, 15) is 9.59 Å². The molecule has 0 saturated carbocycles. The number of amides is 1. The van der Waals surface area contributed by atoms with Gasteiger partial charge in [0.1, 0.15) is 6.04 Å². The van der Waals surface area contributed by atoms with Gasteiger partial charge in [0.05, 0.1) is 5.52 Å². The van der Waals surface area contributed by atoms with Crippen molar-refractivity contribution in [1.82, 2.24) is 9.47 Å².